The fourth-order valence-corrected chi connectivity index (χ4v) is 8.12. The summed E-state index contributed by atoms with van der Waals surface area (Å²) in [5.74, 6) is 0.0274. The zero-order valence-electron chi connectivity index (χ0n) is 18.7. The van der Waals surface area contributed by atoms with Gasteiger partial charge in [0.25, 0.3) is 0 Å². The molecule has 0 bridgehead atoms. The SMILES string of the molecule is CCC[C@H]1O[C@H]2C[C@@H]3[C@H]4CCC5=CC(=O)C=C[C@@]5(C)[C@@H]4[C@H](O)C[C@@]3(C)[C@@]2(C(=O)CO)O1. The lowest BCUT2D eigenvalue weighted by molar-refractivity contribution is -0.200. The summed E-state index contributed by atoms with van der Waals surface area (Å²) in [6.45, 7) is 5.67. The Kier molecular flexibility index (Phi) is 4.91. The molecule has 0 amide bonds. The lowest BCUT2D eigenvalue weighted by Crippen LogP contribution is -2.63. The van der Waals surface area contributed by atoms with E-state index >= 15 is 0 Å². The van der Waals surface area contributed by atoms with Gasteiger partial charge >= 0.3 is 0 Å². The number of aliphatic hydroxyl groups is 2. The van der Waals surface area contributed by atoms with Crippen molar-refractivity contribution in [2.75, 3.05) is 6.61 Å². The zero-order valence-corrected chi connectivity index (χ0v) is 18.7. The topological polar surface area (TPSA) is 93.1 Å². The molecule has 0 aromatic heterocycles. The Morgan fingerprint density at radius 2 is 2.10 bits per heavy atom. The van der Waals surface area contributed by atoms with Crippen LogP contribution in [0.2, 0.25) is 0 Å². The number of allylic oxidation sites excluding steroid dienone is 4. The highest BCUT2D eigenvalue weighted by Gasteiger charge is 2.75. The van der Waals surface area contributed by atoms with Gasteiger partial charge in [-0.1, -0.05) is 38.8 Å². The van der Waals surface area contributed by atoms with E-state index < -0.39 is 36.1 Å². The molecule has 4 aliphatic carbocycles. The monoisotopic (exact) mass is 430 g/mol. The number of Topliss-reactive ketones (excluding diaryl/α,β-unsaturated/α-hetero) is 1. The minimum Gasteiger partial charge on any atom is -0.393 e. The van der Waals surface area contributed by atoms with Gasteiger partial charge in [0.2, 0.25) is 0 Å². The Balaban J connectivity index is 1.55. The summed E-state index contributed by atoms with van der Waals surface area (Å²) in [7, 11) is 0. The first kappa shape index (κ1) is 21.5. The first-order valence-electron chi connectivity index (χ1n) is 11.8. The van der Waals surface area contributed by atoms with Crippen molar-refractivity contribution >= 4 is 11.6 Å². The number of hydrogen-bond donors (Lipinski definition) is 2. The van der Waals surface area contributed by atoms with Gasteiger partial charge in [-0.15, -0.1) is 0 Å². The molecule has 31 heavy (non-hydrogen) atoms. The van der Waals surface area contributed by atoms with Crippen LogP contribution in [0, 0.1) is 28.6 Å². The number of fused-ring (bicyclic) bond motifs is 7. The van der Waals surface area contributed by atoms with E-state index in [2.05, 4.69) is 20.8 Å². The second kappa shape index (κ2) is 7.08. The van der Waals surface area contributed by atoms with Crippen LogP contribution in [-0.2, 0) is 19.1 Å². The van der Waals surface area contributed by atoms with Gasteiger partial charge in [0.15, 0.2) is 23.5 Å². The largest absolute Gasteiger partial charge is 0.393 e. The van der Waals surface area contributed by atoms with Gasteiger partial charge in [0.05, 0.1) is 12.2 Å². The molecule has 0 spiro atoms. The quantitative estimate of drug-likeness (QED) is 0.712. The highest BCUT2D eigenvalue weighted by Crippen LogP contribution is 2.69. The third-order valence-electron chi connectivity index (χ3n) is 9.37. The summed E-state index contributed by atoms with van der Waals surface area (Å²) in [4.78, 5) is 25.2. The van der Waals surface area contributed by atoms with Crippen molar-refractivity contribution < 1.29 is 29.3 Å². The lowest BCUT2D eigenvalue weighted by atomic mass is 9.46. The average Bonchev–Trinajstić information content (AvgIpc) is 3.20. The number of rotatable bonds is 4. The summed E-state index contributed by atoms with van der Waals surface area (Å²) in [5.41, 5.74) is -1.05. The Morgan fingerprint density at radius 3 is 2.81 bits per heavy atom. The number of aliphatic hydroxyl groups excluding tert-OH is 2. The molecule has 2 N–H and O–H groups in total. The standard InChI is InChI=1S/C25H34O6/c1-4-5-21-30-20-11-17-16-7-6-14-10-15(27)8-9-23(14,2)22(16)18(28)12-24(17,3)25(20,31-21)19(29)13-26/h8-10,16-18,20-22,26,28H,4-7,11-13H2,1-3H3/t16-,17-,18-,20+,21+,22+,23-,24-,25+/m1/s1. The van der Waals surface area contributed by atoms with E-state index in [0.29, 0.717) is 19.3 Å². The van der Waals surface area contributed by atoms with Crippen LogP contribution in [0.25, 0.3) is 0 Å². The minimum absolute atomic E-state index is 0.0125. The molecular weight excluding hydrogens is 396 g/mol. The molecule has 0 aromatic rings. The zero-order chi connectivity index (χ0) is 22.2. The fraction of sp³-hybridized carbons (Fsp3) is 0.760. The van der Waals surface area contributed by atoms with Crippen molar-refractivity contribution in [3.05, 3.63) is 23.8 Å². The summed E-state index contributed by atoms with van der Waals surface area (Å²) in [6, 6.07) is 0. The van der Waals surface area contributed by atoms with Crippen molar-refractivity contribution in [2.24, 2.45) is 28.6 Å². The van der Waals surface area contributed by atoms with E-state index in [1.807, 2.05) is 6.08 Å². The van der Waals surface area contributed by atoms with Crippen LogP contribution in [0.5, 0.6) is 0 Å². The summed E-state index contributed by atoms with van der Waals surface area (Å²) in [5, 5.41) is 21.4. The predicted molar refractivity (Wildman–Crippen MR) is 113 cm³/mol. The van der Waals surface area contributed by atoms with Crippen molar-refractivity contribution in [3.63, 3.8) is 0 Å². The van der Waals surface area contributed by atoms with Gasteiger partial charge in [-0.2, -0.15) is 0 Å². The highest BCUT2D eigenvalue weighted by molar-refractivity contribution is 6.01. The summed E-state index contributed by atoms with van der Waals surface area (Å²) in [6.07, 6.45) is 8.31. The molecule has 170 valence electrons. The molecule has 6 heteroatoms. The first-order valence-corrected chi connectivity index (χ1v) is 11.8. The van der Waals surface area contributed by atoms with Crippen LogP contribution in [0.15, 0.2) is 23.8 Å². The molecule has 1 aliphatic heterocycles. The molecule has 9 atom stereocenters. The van der Waals surface area contributed by atoms with Gasteiger partial charge in [-0.3, -0.25) is 9.59 Å². The number of ketones is 2. The Morgan fingerprint density at radius 1 is 1.32 bits per heavy atom. The van der Waals surface area contributed by atoms with Crippen molar-refractivity contribution in [1.82, 2.24) is 0 Å². The van der Waals surface area contributed by atoms with Crippen LogP contribution in [0.4, 0.5) is 0 Å². The Hall–Kier alpha value is -1.34. The Bertz CT molecular complexity index is 862. The maximum Gasteiger partial charge on any atom is 0.193 e. The number of hydrogen-bond acceptors (Lipinski definition) is 6. The molecular formula is C25H34O6. The first-order chi connectivity index (χ1) is 14.7. The van der Waals surface area contributed by atoms with Crippen molar-refractivity contribution in [2.45, 2.75) is 83.4 Å². The van der Waals surface area contributed by atoms with Gasteiger partial charge in [-0.05, 0) is 56.1 Å². The van der Waals surface area contributed by atoms with Crippen LogP contribution in [-0.4, -0.2) is 52.5 Å². The van der Waals surface area contributed by atoms with E-state index in [-0.39, 0.29) is 34.7 Å². The molecule has 4 fully saturated rings. The molecule has 6 nitrogen and oxygen atoms in total. The number of carbonyl (C=O) groups excluding carboxylic acids is 2. The van der Waals surface area contributed by atoms with Crippen LogP contribution < -0.4 is 0 Å². The van der Waals surface area contributed by atoms with Gasteiger partial charge in [-0.25, -0.2) is 0 Å². The van der Waals surface area contributed by atoms with Gasteiger partial charge < -0.3 is 19.7 Å². The van der Waals surface area contributed by atoms with E-state index in [0.717, 1.165) is 24.8 Å². The van der Waals surface area contributed by atoms with E-state index in [1.165, 1.54) is 0 Å². The fourth-order valence-electron chi connectivity index (χ4n) is 8.12. The minimum atomic E-state index is -1.20. The van der Waals surface area contributed by atoms with Gasteiger partial charge in [0.1, 0.15) is 6.61 Å². The molecule has 5 aliphatic rings. The highest BCUT2D eigenvalue weighted by atomic mass is 16.7. The molecule has 5 rings (SSSR count). The molecule has 0 unspecified atom stereocenters. The second-order valence-corrected chi connectivity index (χ2v) is 10.7. The average molecular weight is 431 g/mol. The van der Waals surface area contributed by atoms with Crippen molar-refractivity contribution in [1.29, 1.82) is 0 Å². The van der Waals surface area contributed by atoms with Gasteiger partial charge in [0, 0.05) is 16.7 Å². The van der Waals surface area contributed by atoms with E-state index in [1.54, 1.807) is 12.2 Å². The molecule has 0 radical (unpaired) electrons. The smallest absolute Gasteiger partial charge is 0.193 e. The predicted octanol–water partition coefficient (Wildman–Crippen LogP) is 2.72. The molecule has 1 heterocycles. The van der Waals surface area contributed by atoms with E-state index in [9.17, 15) is 19.8 Å². The molecule has 3 saturated carbocycles. The lowest BCUT2D eigenvalue weighted by Gasteiger charge is -2.59. The maximum atomic E-state index is 13.2. The normalized spacial score (nSPS) is 50.4. The van der Waals surface area contributed by atoms with Crippen LogP contribution in [0.3, 0.4) is 0 Å². The molecule has 0 aromatic carbocycles. The molecule has 1 saturated heterocycles. The third-order valence-corrected chi connectivity index (χ3v) is 9.37. The summed E-state index contributed by atoms with van der Waals surface area (Å²) >= 11 is 0. The number of ether oxygens (including phenoxy) is 2. The summed E-state index contributed by atoms with van der Waals surface area (Å²) < 4.78 is 12.7. The maximum absolute atomic E-state index is 13.2. The Labute approximate surface area is 183 Å². The van der Waals surface area contributed by atoms with Crippen LogP contribution in [0.1, 0.15) is 59.3 Å². The van der Waals surface area contributed by atoms with E-state index in [4.69, 9.17) is 9.47 Å². The number of carbonyl (C=O) groups is 2. The second-order valence-electron chi connectivity index (χ2n) is 10.7. The van der Waals surface area contributed by atoms with Crippen LogP contribution >= 0.6 is 0 Å². The van der Waals surface area contributed by atoms with Crippen molar-refractivity contribution in [3.8, 4) is 0 Å². The third kappa shape index (κ3) is 2.65.